The van der Waals surface area contributed by atoms with Crippen molar-refractivity contribution in [2.24, 2.45) is 11.8 Å². The van der Waals surface area contributed by atoms with Gasteiger partial charge in [0.2, 0.25) is 0 Å². The Hall–Kier alpha value is -0.820. The molecular weight excluding hydrogens is 249 g/mol. The quantitative estimate of drug-likeness (QED) is 0.750. The minimum absolute atomic E-state index is 0.856. The van der Waals surface area contributed by atoms with E-state index in [1.807, 2.05) is 0 Å². The Balaban J connectivity index is 0.000000203. The smallest absolute Gasteiger partial charge is 0.475 e. The van der Waals surface area contributed by atoms with Crippen LogP contribution in [0.3, 0.4) is 0 Å². The Labute approximate surface area is 104 Å². The molecule has 0 aromatic rings. The van der Waals surface area contributed by atoms with Gasteiger partial charge in [-0.15, -0.1) is 0 Å². The van der Waals surface area contributed by atoms with Gasteiger partial charge in [0.1, 0.15) is 0 Å². The predicted molar refractivity (Wildman–Crippen MR) is 60.2 cm³/mol. The summed E-state index contributed by atoms with van der Waals surface area (Å²) in [5.74, 6) is -0.820. The molecule has 2 rings (SSSR count). The molecule has 0 spiro atoms. The second-order valence-electron chi connectivity index (χ2n) is 4.99. The van der Waals surface area contributed by atoms with Gasteiger partial charge < -0.3 is 15.3 Å². The molecule has 0 bridgehead atoms. The molecule has 0 amide bonds. The van der Waals surface area contributed by atoms with Crippen molar-refractivity contribution in [1.82, 2.24) is 10.2 Å². The van der Waals surface area contributed by atoms with Crippen molar-refractivity contribution in [2.45, 2.75) is 25.1 Å². The zero-order chi connectivity index (χ0) is 13.9. The van der Waals surface area contributed by atoms with E-state index in [9.17, 15) is 13.2 Å². The third-order valence-corrected chi connectivity index (χ3v) is 3.63. The molecule has 0 unspecified atom stereocenters. The lowest BCUT2D eigenvalue weighted by Crippen LogP contribution is -2.34. The Morgan fingerprint density at radius 2 is 1.83 bits per heavy atom. The summed E-state index contributed by atoms with van der Waals surface area (Å²) in [6.07, 6.45) is -2.22. The number of nitrogens with one attached hydrogen (secondary N) is 1. The summed E-state index contributed by atoms with van der Waals surface area (Å²) in [6, 6.07) is 0.856. The molecule has 0 aromatic carbocycles. The van der Waals surface area contributed by atoms with Crippen LogP contribution in [0.1, 0.15) is 12.8 Å². The zero-order valence-corrected chi connectivity index (χ0v) is 10.5. The second-order valence-corrected chi connectivity index (χ2v) is 4.99. The highest BCUT2D eigenvalue weighted by atomic mass is 19.4. The fourth-order valence-electron chi connectivity index (χ4n) is 2.76. The maximum Gasteiger partial charge on any atom is 0.490 e. The molecule has 2 N–H and O–H groups in total. The van der Waals surface area contributed by atoms with Gasteiger partial charge in [0.05, 0.1) is 0 Å². The predicted octanol–water partition coefficient (Wildman–Crippen LogP) is 1.18. The van der Waals surface area contributed by atoms with Crippen LogP contribution < -0.4 is 5.32 Å². The Morgan fingerprint density at radius 1 is 1.28 bits per heavy atom. The highest BCUT2D eigenvalue weighted by Gasteiger charge is 2.39. The van der Waals surface area contributed by atoms with Crippen molar-refractivity contribution in [3.63, 3.8) is 0 Å². The van der Waals surface area contributed by atoms with E-state index < -0.39 is 12.1 Å². The van der Waals surface area contributed by atoms with Crippen LogP contribution in [0.15, 0.2) is 0 Å². The number of hydrogen-bond acceptors (Lipinski definition) is 3. The van der Waals surface area contributed by atoms with E-state index >= 15 is 0 Å². The number of carboxylic acid groups (broad SMARTS) is 1. The van der Waals surface area contributed by atoms with Gasteiger partial charge in [-0.2, -0.15) is 13.2 Å². The maximum absolute atomic E-state index is 10.6. The standard InChI is InChI=1S/C9H18N2.C2HF3O2/c1-11(2)9-4-3-7-5-10-6-8(7)9;3-2(4,5)1(6)7/h7-10H,3-6H2,1-2H3;(H,6,7)/t7-,8+,9-;/m1./s1. The molecule has 1 aliphatic carbocycles. The minimum atomic E-state index is -5.08. The number of aliphatic carboxylic acids is 1. The summed E-state index contributed by atoms with van der Waals surface area (Å²) in [6.45, 7) is 2.53. The summed E-state index contributed by atoms with van der Waals surface area (Å²) >= 11 is 0. The van der Waals surface area contributed by atoms with Crippen LogP contribution in [-0.2, 0) is 4.79 Å². The third-order valence-electron chi connectivity index (χ3n) is 3.63. The fourth-order valence-corrected chi connectivity index (χ4v) is 2.76. The molecule has 3 atom stereocenters. The molecule has 1 saturated carbocycles. The van der Waals surface area contributed by atoms with Crippen LogP contribution in [0.5, 0.6) is 0 Å². The highest BCUT2D eigenvalue weighted by Crippen LogP contribution is 2.36. The van der Waals surface area contributed by atoms with Crippen LogP contribution in [0.2, 0.25) is 0 Å². The molecule has 7 heteroatoms. The lowest BCUT2D eigenvalue weighted by atomic mass is 9.97. The molecule has 1 aliphatic heterocycles. The summed E-state index contributed by atoms with van der Waals surface area (Å²) in [7, 11) is 4.43. The van der Waals surface area contributed by atoms with Crippen molar-refractivity contribution in [1.29, 1.82) is 0 Å². The average Bonchev–Trinajstić information content (AvgIpc) is 2.75. The molecule has 0 radical (unpaired) electrons. The molecule has 106 valence electrons. The van der Waals surface area contributed by atoms with Crippen molar-refractivity contribution < 1.29 is 23.1 Å². The lowest BCUT2D eigenvalue weighted by Gasteiger charge is -2.24. The van der Waals surface area contributed by atoms with Gasteiger partial charge in [-0.1, -0.05) is 0 Å². The van der Waals surface area contributed by atoms with Gasteiger partial charge in [-0.25, -0.2) is 4.79 Å². The molecule has 1 heterocycles. The Kier molecular flexibility index (Phi) is 4.98. The van der Waals surface area contributed by atoms with E-state index in [0.717, 1.165) is 17.9 Å². The molecule has 0 aromatic heterocycles. The molecule has 18 heavy (non-hydrogen) atoms. The first kappa shape index (κ1) is 15.2. The van der Waals surface area contributed by atoms with Crippen LogP contribution in [0.4, 0.5) is 13.2 Å². The molecule has 1 saturated heterocycles. The number of nitrogens with zero attached hydrogens (tertiary/aromatic N) is 1. The van der Waals surface area contributed by atoms with Gasteiger partial charge in [-0.3, -0.25) is 0 Å². The summed E-state index contributed by atoms with van der Waals surface area (Å²) < 4.78 is 31.7. The summed E-state index contributed by atoms with van der Waals surface area (Å²) in [5.41, 5.74) is 0. The van der Waals surface area contributed by atoms with Crippen molar-refractivity contribution >= 4 is 5.97 Å². The number of fused-ring (bicyclic) bond motifs is 1. The van der Waals surface area contributed by atoms with Crippen LogP contribution in [0, 0.1) is 11.8 Å². The summed E-state index contributed by atoms with van der Waals surface area (Å²) in [5, 5.41) is 10.6. The SMILES string of the molecule is CN(C)[C@@H]1CC[C@@H]2CNC[C@@H]21.O=C(O)C(F)(F)F. The zero-order valence-electron chi connectivity index (χ0n) is 10.5. The van der Waals surface area contributed by atoms with Gasteiger partial charge in [0.25, 0.3) is 0 Å². The fraction of sp³-hybridized carbons (Fsp3) is 0.909. The average molecular weight is 268 g/mol. The van der Waals surface area contributed by atoms with E-state index in [4.69, 9.17) is 9.90 Å². The van der Waals surface area contributed by atoms with Gasteiger partial charge in [0.15, 0.2) is 0 Å². The molecule has 2 aliphatic rings. The largest absolute Gasteiger partial charge is 0.490 e. The number of carboxylic acids is 1. The van der Waals surface area contributed by atoms with E-state index in [-0.39, 0.29) is 0 Å². The third kappa shape index (κ3) is 3.84. The summed E-state index contributed by atoms with van der Waals surface area (Å²) in [4.78, 5) is 11.3. The Morgan fingerprint density at radius 3 is 2.28 bits per heavy atom. The van der Waals surface area contributed by atoms with Gasteiger partial charge >= 0.3 is 12.1 Å². The van der Waals surface area contributed by atoms with Crippen molar-refractivity contribution in [3.8, 4) is 0 Å². The van der Waals surface area contributed by atoms with Crippen LogP contribution in [0.25, 0.3) is 0 Å². The van der Waals surface area contributed by atoms with Crippen molar-refractivity contribution in [2.75, 3.05) is 27.2 Å². The van der Waals surface area contributed by atoms with E-state index in [1.54, 1.807) is 0 Å². The van der Waals surface area contributed by atoms with Gasteiger partial charge in [-0.05, 0) is 51.9 Å². The van der Waals surface area contributed by atoms with Crippen molar-refractivity contribution in [3.05, 3.63) is 0 Å². The van der Waals surface area contributed by atoms with Crippen LogP contribution >= 0.6 is 0 Å². The molecule has 4 nitrogen and oxygen atoms in total. The van der Waals surface area contributed by atoms with E-state index in [2.05, 4.69) is 24.3 Å². The first-order chi connectivity index (χ1) is 8.23. The molecular formula is C11H19F3N2O2. The topological polar surface area (TPSA) is 52.6 Å². The molecule has 2 fully saturated rings. The first-order valence-electron chi connectivity index (χ1n) is 5.90. The maximum atomic E-state index is 10.6. The van der Waals surface area contributed by atoms with Gasteiger partial charge in [0, 0.05) is 6.04 Å². The monoisotopic (exact) mass is 268 g/mol. The van der Waals surface area contributed by atoms with Crippen LogP contribution in [-0.4, -0.2) is 55.4 Å². The van der Waals surface area contributed by atoms with E-state index in [0.29, 0.717) is 0 Å². The number of carbonyl (C=O) groups is 1. The second kappa shape index (κ2) is 5.88. The number of alkyl halides is 3. The number of halogens is 3. The van der Waals surface area contributed by atoms with E-state index in [1.165, 1.54) is 25.9 Å². The minimum Gasteiger partial charge on any atom is -0.475 e. The number of hydrogen-bond donors (Lipinski definition) is 2. The normalized spacial score (nSPS) is 30.9. The first-order valence-corrected chi connectivity index (χ1v) is 5.90. The highest BCUT2D eigenvalue weighted by molar-refractivity contribution is 5.73. The number of rotatable bonds is 1. The lowest BCUT2D eigenvalue weighted by molar-refractivity contribution is -0.192. The Bertz CT molecular complexity index is 295.